The van der Waals surface area contributed by atoms with Crippen LogP contribution in [0.25, 0.3) is 0 Å². The van der Waals surface area contributed by atoms with Crippen molar-refractivity contribution in [2.24, 2.45) is 13.0 Å². The van der Waals surface area contributed by atoms with Crippen molar-refractivity contribution < 1.29 is 0 Å². The van der Waals surface area contributed by atoms with Crippen molar-refractivity contribution in [3.63, 3.8) is 0 Å². The van der Waals surface area contributed by atoms with Crippen LogP contribution in [0.1, 0.15) is 29.8 Å². The van der Waals surface area contributed by atoms with Crippen LogP contribution >= 0.6 is 12.4 Å². The van der Waals surface area contributed by atoms with E-state index in [4.69, 9.17) is 0 Å². The Kier molecular flexibility index (Phi) is 6.89. The van der Waals surface area contributed by atoms with Crippen LogP contribution in [0, 0.1) is 19.8 Å². The van der Waals surface area contributed by atoms with Gasteiger partial charge in [0.15, 0.2) is 0 Å². The van der Waals surface area contributed by atoms with E-state index in [1.54, 1.807) is 0 Å². The van der Waals surface area contributed by atoms with Gasteiger partial charge >= 0.3 is 0 Å². The van der Waals surface area contributed by atoms with E-state index >= 15 is 0 Å². The zero-order valence-electron chi connectivity index (χ0n) is 14.8. The topological polar surface area (TPSA) is 36.3 Å². The smallest absolute Gasteiger partial charge is 0.0641 e. The van der Waals surface area contributed by atoms with Crippen LogP contribution in [0.2, 0.25) is 0 Å². The molecule has 6 heteroatoms. The Bertz CT molecular complexity index is 487. The van der Waals surface area contributed by atoms with E-state index < -0.39 is 0 Å². The van der Waals surface area contributed by atoms with Crippen LogP contribution in [-0.4, -0.2) is 65.4 Å². The molecule has 3 rings (SSSR count). The fourth-order valence-corrected chi connectivity index (χ4v) is 3.83. The van der Waals surface area contributed by atoms with Crippen LogP contribution in [-0.2, 0) is 13.6 Å². The molecule has 0 aromatic carbocycles. The molecule has 0 spiro atoms. The van der Waals surface area contributed by atoms with Gasteiger partial charge in [-0.15, -0.1) is 12.4 Å². The van der Waals surface area contributed by atoms with Crippen molar-refractivity contribution in [1.29, 1.82) is 0 Å². The summed E-state index contributed by atoms with van der Waals surface area (Å²) in [5, 5.41) is 8.01. The first-order chi connectivity index (χ1) is 10.6. The summed E-state index contributed by atoms with van der Waals surface area (Å²) >= 11 is 0. The first-order valence-corrected chi connectivity index (χ1v) is 8.78. The summed E-state index contributed by atoms with van der Waals surface area (Å²) in [6.45, 7) is 13.9. The molecule has 2 saturated heterocycles. The molecule has 3 heterocycles. The number of hydrogen-bond donors (Lipinski definition) is 1. The van der Waals surface area contributed by atoms with Crippen molar-refractivity contribution in [1.82, 2.24) is 24.9 Å². The Labute approximate surface area is 146 Å². The lowest BCUT2D eigenvalue weighted by Gasteiger charge is -2.37. The van der Waals surface area contributed by atoms with Crippen LogP contribution in [0.5, 0.6) is 0 Å². The number of nitrogens with zero attached hydrogens (tertiary/aromatic N) is 4. The summed E-state index contributed by atoms with van der Waals surface area (Å²) in [5.74, 6) is 0.913. The van der Waals surface area contributed by atoms with E-state index in [-0.39, 0.29) is 12.4 Å². The van der Waals surface area contributed by atoms with Gasteiger partial charge in [0.1, 0.15) is 0 Å². The molecule has 132 valence electrons. The zero-order chi connectivity index (χ0) is 15.5. The maximum Gasteiger partial charge on any atom is 0.0641 e. The quantitative estimate of drug-likeness (QED) is 0.902. The van der Waals surface area contributed by atoms with E-state index in [1.165, 1.54) is 75.6 Å². The lowest BCUT2D eigenvalue weighted by atomic mass is 9.97. The maximum atomic E-state index is 4.54. The van der Waals surface area contributed by atoms with Crippen molar-refractivity contribution in [3.8, 4) is 0 Å². The van der Waals surface area contributed by atoms with E-state index in [0.29, 0.717) is 0 Å². The molecule has 0 saturated carbocycles. The molecule has 2 aliphatic heterocycles. The number of piperidine rings is 1. The molecule has 0 atom stereocenters. The molecule has 2 aliphatic rings. The number of aromatic nitrogens is 2. The van der Waals surface area contributed by atoms with Gasteiger partial charge in [-0.3, -0.25) is 9.58 Å². The van der Waals surface area contributed by atoms with Crippen LogP contribution < -0.4 is 5.32 Å². The van der Waals surface area contributed by atoms with Gasteiger partial charge in [-0.25, -0.2) is 0 Å². The highest BCUT2D eigenvalue weighted by Gasteiger charge is 2.22. The van der Waals surface area contributed by atoms with Crippen molar-refractivity contribution >= 4 is 12.4 Å². The molecule has 5 nitrogen and oxygen atoms in total. The third-order valence-electron chi connectivity index (χ3n) is 5.48. The molecule has 23 heavy (non-hydrogen) atoms. The molecule has 1 aromatic heterocycles. The van der Waals surface area contributed by atoms with Gasteiger partial charge in [-0.1, -0.05) is 0 Å². The molecular formula is C17H32ClN5. The van der Waals surface area contributed by atoms with E-state index in [1.807, 2.05) is 11.7 Å². The minimum absolute atomic E-state index is 0. The Balaban J connectivity index is 0.00000192. The Morgan fingerprint density at radius 3 is 2.22 bits per heavy atom. The number of aryl methyl sites for hydroxylation is 2. The number of piperazine rings is 1. The fraction of sp³-hybridized carbons (Fsp3) is 0.824. The van der Waals surface area contributed by atoms with Crippen LogP contribution in [0.3, 0.4) is 0 Å². The van der Waals surface area contributed by atoms with Gasteiger partial charge in [0, 0.05) is 57.6 Å². The predicted octanol–water partition coefficient (Wildman–Crippen LogP) is 1.58. The summed E-state index contributed by atoms with van der Waals surface area (Å²) in [6.07, 6.45) is 2.71. The van der Waals surface area contributed by atoms with Gasteiger partial charge in [0.25, 0.3) is 0 Å². The summed E-state index contributed by atoms with van der Waals surface area (Å²) in [6, 6.07) is 0. The average Bonchev–Trinajstić information content (AvgIpc) is 2.77. The van der Waals surface area contributed by atoms with E-state index in [2.05, 4.69) is 34.1 Å². The normalized spacial score (nSPS) is 21.3. The monoisotopic (exact) mass is 341 g/mol. The first-order valence-electron chi connectivity index (χ1n) is 8.78. The molecule has 0 unspecified atom stereocenters. The summed E-state index contributed by atoms with van der Waals surface area (Å²) in [4.78, 5) is 5.27. The molecule has 0 amide bonds. The van der Waals surface area contributed by atoms with Gasteiger partial charge in [0.05, 0.1) is 5.69 Å². The summed E-state index contributed by atoms with van der Waals surface area (Å²) in [5.41, 5.74) is 3.93. The van der Waals surface area contributed by atoms with E-state index in [0.717, 1.165) is 12.5 Å². The minimum atomic E-state index is 0. The van der Waals surface area contributed by atoms with Crippen LogP contribution in [0.15, 0.2) is 0 Å². The molecule has 0 bridgehead atoms. The highest BCUT2D eigenvalue weighted by atomic mass is 35.5. The third-order valence-corrected chi connectivity index (χ3v) is 5.48. The Hall–Kier alpha value is -0.620. The van der Waals surface area contributed by atoms with Crippen LogP contribution in [0.4, 0.5) is 0 Å². The number of hydrogen-bond acceptors (Lipinski definition) is 4. The summed E-state index contributed by atoms with van der Waals surface area (Å²) < 4.78 is 2.01. The number of rotatable bonds is 4. The van der Waals surface area contributed by atoms with Gasteiger partial charge in [-0.2, -0.15) is 5.10 Å². The molecule has 1 N–H and O–H groups in total. The highest BCUT2D eigenvalue weighted by Crippen LogP contribution is 2.18. The van der Waals surface area contributed by atoms with Gasteiger partial charge in [-0.05, 0) is 45.7 Å². The average molecular weight is 342 g/mol. The number of nitrogens with one attached hydrogen (secondary N) is 1. The first kappa shape index (κ1) is 18.7. The molecule has 2 fully saturated rings. The fourth-order valence-electron chi connectivity index (χ4n) is 3.83. The van der Waals surface area contributed by atoms with Crippen molar-refractivity contribution in [3.05, 3.63) is 17.0 Å². The largest absolute Gasteiger partial charge is 0.317 e. The second kappa shape index (κ2) is 8.47. The lowest BCUT2D eigenvalue weighted by molar-refractivity contribution is 0.106. The molecule has 0 aliphatic carbocycles. The van der Waals surface area contributed by atoms with Gasteiger partial charge in [0.2, 0.25) is 0 Å². The molecular weight excluding hydrogens is 310 g/mol. The maximum absolute atomic E-state index is 4.54. The summed E-state index contributed by atoms with van der Waals surface area (Å²) in [7, 11) is 2.04. The second-order valence-electron chi connectivity index (χ2n) is 7.04. The predicted molar refractivity (Wildman–Crippen MR) is 97.2 cm³/mol. The standard InChI is InChI=1S/C17H31N5.ClH/c1-14-17(15(2)20(3)19-14)13-22-10-8-21(9-11-22)12-16-4-6-18-7-5-16;/h16,18H,4-13H2,1-3H3;1H. The lowest BCUT2D eigenvalue weighted by Crippen LogP contribution is -2.48. The SMILES string of the molecule is Cc1nn(C)c(C)c1CN1CCN(CC2CCNCC2)CC1.Cl. The zero-order valence-corrected chi connectivity index (χ0v) is 15.7. The minimum Gasteiger partial charge on any atom is -0.317 e. The Morgan fingerprint density at radius 2 is 1.65 bits per heavy atom. The third kappa shape index (κ3) is 4.69. The van der Waals surface area contributed by atoms with Gasteiger partial charge < -0.3 is 10.2 Å². The second-order valence-corrected chi connectivity index (χ2v) is 7.04. The molecule has 0 radical (unpaired) electrons. The highest BCUT2D eigenvalue weighted by molar-refractivity contribution is 5.85. The number of halogens is 1. The molecule has 1 aromatic rings. The Morgan fingerprint density at radius 1 is 1.04 bits per heavy atom. The van der Waals surface area contributed by atoms with Crippen molar-refractivity contribution in [2.75, 3.05) is 45.8 Å². The van der Waals surface area contributed by atoms with Crippen molar-refractivity contribution in [2.45, 2.75) is 33.2 Å². The van der Waals surface area contributed by atoms with E-state index in [9.17, 15) is 0 Å².